The molecule has 0 radical (unpaired) electrons. The first-order chi connectivity index (χ1) is 8.34. The smallest absolute Gasteiger partial charge is 0.0605 e. The highest BCUT2D eigenvalue weighted by molar-refractivity contribution is 5.72. The van der Waals surface area contributed by atoms with Gasteiger partial charge in [-0.3, -0.25) is 0 Å². The molecule has 2 atom stereocenters. The lowest BCUT2D eigenvalue weighted by Gasteiger charge is -2.39. The molecule has 3 heteroatoms. The third kappa shape index (κ3) is 2.12. The number of hydrogen-bond donors (Lipinski definition) is 1. The Morgan fingerprint density at radius 1 is 1.41 bits per heavy atom. The van der Waals surface area contributed by atoms with Crippen molar-refractivity contribution in [3.8, 4) is 0 Å². The van der Waals surface area contributed by atoms with Crippen LogP contribution in [0.3, 0.4) is 0 Å². The summed E-state index contributed by atoms with van der Waals surface area (Å²) in [6.07, 6.45) is 1.21. The average Bonchev–Trinajstić information content (AvgIpc) is 2.86. The van der Waals surface area contributed by atoms with Crippen molar-refractivity contribution >= 4 is 11.4 Å². The van der Waals surface area contributed by atoms with E-state index in [1.165, 1.54) is 17.8 Å². The molecule has 1 fully saturated rings. The molecule has 2 aliphatic rings. The summed E-state index contributed by atoms with van der Waals surface area (Å²) < 4.78 is 5.48. The lowest BCUT2D eigenvalue weighted by Crippen LogP contribution is -2.44. The number of ether oxygens (including phenoxy) is 1. The van der Waals surface area contributed by atoms with Gasteiger partial charge < -0.3 is 15.0 Å². The van der Waals surface area contributed by atoms with Gasteiger partial charge in [0.25, 0.3) is 0 Å². The van der Waals surface area contributed by atoms with E-state index >= 15 is 0 Å². The summed E-state index contributed by atoms with van der Waals surface area (Å²) in [7, 11) is 0. The summed E-state index contributed by atoms with van der Waals surface area (Å²) in [4.78, 5) is 2.53. The van der Waals surface area contributed by atoms with Crippen molar-refractivity contribution in [1.29, 1.82) is 0 Å². The van der Waals surface area contributed by atoms with Gasteiger partial charge in [0.2, 0.25) is 0 Å². The van der Waals surface area contributed by atoms with E-state index in [9.17, 15) is 0 Å². The van der Waals surface area contributed by atoms with Crippen LogP contribution in [0, 0.1) is 5.92 Å². The standard InChI is InChI=1S/C14H20N2O/c1-11-8-15-13-4-2-3-5-14(13)16(11)9-12-6-7-17-10-12/h2-5,11-12,15H,6-10H2,1H3. The number of rotatable bonds is 2. The van der Waals surface area contributed by atoms with E-state index in [2.05, 4.69) is 41.4 Å². The van der Waals surface area contributed by atoms with Crippen LogP contribution in [0.2, 0.25) is 0 Å². The van der Waals surface area contributed by atoms with Crippen LogP contribution >= 0.6 is 0 Å². The van der Waals surface area contributed by atoms with Gasteiger partial charge in [0.05, 0.1) is 18.0 Å². The minimum Gasteiger partial charge on any atom is -0.381 e. The SMILES string of the molecule is CC1CNc2ccccc2N1CC1CCOC1. The van der Waals surface area contributed by atoms with Crippen molar-refractivity contribution in [2.24, 2.45) is 5.92 Å². The summed E-state index contributed by atoms with van der Waals surface area (Å²) in [5, 5.41) is 3.49. The largest absolute Gasteiger partial charge is 0.381 e. The molecule has 1 N–H and O–H groups in total. The normalized spacial score (nSPS) is 27.7. The molecule has 0 spiro atoms. The Hall–Kier alpha value is -1.22. The summed E-state index contributed by atoms with van der Waals surface area (Å²) >= 11 is 0. The van der Waals surface area contributed by atoms with E-state index in [1.807, 2.05) is 0 Å². The second kappa shape index (κ2) is 4.57. The molecule has 2 aliphatic heterocycles. The van der Waals surface area contributed by atoms with Gasteiger partial charge in [-0.05, 0) is 25.5 Å². The molecule has 3 rings (SSSR count). The maximum Gasteiger partial charge on any atom is 0.0605 e. The Morgan fingerprint density at radius 2 is 2.29 bits per heavy atom. The number of nitrogens with one attached hydrogen (secondary N) is 1. The Balaban J connectivity index is 1.81. The highest BCUT2D eigenvalue weighted by Crippen LogP contribution is 2.32. The van der Waals surface area contributed by atoms with Crippen LogP contribution in [0.25, 0.3) is 0 Å². The highest BCUT2D eigenvalue weighted by Gasteiger charge is 2.26. The zero-order chi connectivity index (χ0) is 11.7. The van der Waals surface area contributed by atoms with Crippen LogP contribution in [0.1, 0.15) is 13.3 Å². The van der Waals surface area contributed by atoms with Crippen LogP contribution < -0.4 is 10.2 Å². The predicted octanol–water partition coefficient (Wildman–Crippen LogP) is 2.34. The molecule has 0 aliphatic carbocycles. The molecule has 0 amide bonds. The summed E-state index contributed by atoms with van der Waals surface area (Å²) in [5.41, 5.74) is 2.61. The summed E-state index contributed by atoms with van der Waals surface area (Å²) in [6, 6.07) is 9.16. The number of benzene rings is 1. The first-order valence-electron chi connectivity index (χ1n) is 6.52. The second-order valence-corrected chi connectivity index (χ2v) is 5.13. The van der Waals surface area contributed by atoms with Crippen LogP contribution in [0.5, 0.6) is 0 Å². The zero-order valence-electron chi connectivity index (χ0n) is 10.4. The molecule has 0 saturated carbocycles. The van der Waals surface area contributed by atoms with Gasteiger partial charge in [0.1, 0.15) is 0 Å². The van der Waals surface area contributed by atoms with Crippen molar-refractivity contribution in [3.05, 3.63) is 24.3 Å². The molecule has 0 bridgehead atoms. The zero-order valence-corrected chi connectivity index (χ0v) is 10.4. The van der Waals surface area contributed by atoms with Crippen LogP contribution in [0.4, 0.5) is 11.4 Å². The fourth-order valence-corrected chi connectivity index (χ4v) is 2.76. The van der Waals surface area contributed by atoms with Gasteiger partial charge >= 0.3 is 0 Å². The fraction of sp³-hybridized carbons (Fsp3) is 0.571. The van der Waals surface area contributed by atoms with E-state index in [0.717, 1.165) is 26.3 Å². The van der Waals surface area contributed by atoms with Crippen molar-refractivity contribution in [3.63, 3.8) is 0 Å². The van der Waals surface area contributed by atoms with Gasteiger partial charge in [-0.2, -0.15) is 0 Å². The summed E-state index contributed by atoms with van der Waals surface area (Å²) in [6.45, 7) is 6.31. The molecule has 1 aromatic rings. The van der Waals surface area contributed by atoms with E-state index in [1.54, 1.807) is 0 Å². The molecule has 2 unspecified atom stereocenters. The number of para-hydroxylation sites is 2. The van der Waals surface area contributed by atoms with Crippen LogP contribution in [-0.4, -0.2) is 32.3 Å². The minimum absolute atomic E-state index is 0.561. The topological polar surface area (TPSA) is 24.5 Å². The van der Waals surface area contributed by atoms with Crippen molar-refractivity contribution < 1.29 is 4.74 Å². The van der Waals surface area contributed by atoms with Crippen molar-refractivity contribution in [2.45, 2.75) is 19.4 Å². The van der Waals surface area contributed by atoms with Crippen LogP contribution in [-0.2, 0) is 4.74 Å². The highest BCUT2D eigenvalue weighted by atomic mass is 16.5. The molecule has 17 heavy (non-hydrogen) atoms. The van der Waals surface area contributed by atoms with Crippen LogP contribution in [0.15, 0.2) is 24.3 Å². The fourth-order valence-electron chi connectivity index (χ4n) is 2.76. The Bertz CT molecular complexity index is 388. The number of hydrogen-bond acceptors (Lipinski definition) is 3. The molecule has 2 heterocycles. The van der Waals surface area contributed by atoms with Gasteiger partial charge in [0, 0.05) is 31.7 Å². The molecule has 1 aromatic carbocycles. The van der Waals surface area contributed by atoms with Gasteiger partial charge in [-0.15, -0.1) is 0 Å². The average molecular weight is 232 g/mol. The third-order valence-electron chi connectivity index (χ3n) is 3.81. The van der Waals surface area contributed by atoms with Crippen molar-refractivity contribution in [2.75, 3.05) is 36.5 Å². The first-order valence-corrected chi connectivity index (χ1v) is 6.52. The van der Waals surface area contributed by atoms with Gasteiger partial charge in [-0.1, -0.05) is 12.1 Å². The maximum absolute atomic E-state index is 5.48. The van der Waals surface area contributed by atoms with Crippen molar-refractivity contribution in [1.82, 2.24) is 0 Å². The maximum atomic E-state index is 5.48. The van der Waals surface area contributed by atoms with Gasteiger partial charge in [-0.25, -0.2) is 0 Å². The number of anilines is 2. The molecular weight excluding hydrogens is 212 g/mol. The van der Waals surface area contributed by atoms with E-state index in [0.29, 0.717) is 12.0 Å². The second-order valence-electron chi connectivity index (χ2n) is 5.13. The molecule has 3 nitrogen and oxygen atoms in total. The lowest BCUT2D eigenvalue weighted by atomic mass is 10.0. The number of fused-ring (bicyclic) bond motifs is 1. The molecular formula is C14H20N2O. The van der Waals surface area contributed by atoms with Gasteiger partial charge in [0.15, 0.2) is 0 Å². The first kappa shape index (κ1) is 10.9. The molecule has 1 saturated heterocycles. The predicted molar refractivity (Wildman–Crippen MR) is 70.7 cm³/mol. The van der Waals surface area contributed by atoms with E-state index in [4.69, 9.17) is 4.74 Å². The lowest BCUT2D eigenvalue weighted by molar-refractivity contribution is 0.186. The third-order valence-corrected chi connectivity index (χ3v) is 3.81. The van der Waals surface area contributed by atoms with E-state index in [-0.39, 0.29) is 0 Å². The minimum atomic E-state index is 0.561. The Morgan fingerprint density at radius 3 is 3.12 bits per heavy atom. The summed E-state index contributed by atoms with van der Waals surface area (Å²) in [5.74, 6) is 0.698. The molecule has 92 valence electrons. The Labute approximate surface area is 103 Å². The molecule has 0 aromatic heterocycles. The number of nitrogens with zero attached hydrogens (tertiary/aromatic N) is 1. The Kier molecular flexibility index (Phi) is 2.93. The van der Waals surface area contributed by atoms with E-state index < -0.39 is 0 Å². The quantitative estimate of drug-likeness (QED) is 0.847. The monoisotopic (exact) mass is 232 g/mol.